The fourth-order valence-electron chi connectivity index (χ4n) is 3.78. The second kappa shape index (κ2) is 10.9. The highest BCUT2D eigenvalue weighted by atomic mass is 19.2. The predicted molar refractivity (Wildman–Crippen MR) is 124 cm³/mol. The Kier molecular flexibility index (Phi) is 8.01. The van der Waals surface area contributed by atoms with Crippen molar-refractivity contribution in [3.8, 4) is 22.3 Å². The molecule has 3 aromatic rings. The summed E-state index contributed by atoms with van der Waals surface area (Å²) in [4.78, 5) is 1.82. The van der Waals surface area contributed by atoms with Crippen LogP contribution in [0.3, 0.4) is 0 Å². The number of rotatable bonds is 10. The molecule has 0 radical (unpaired) electrons. The molecule has 0 heterocycles. The number of nitrogens with zero attached hydrogens (tertiary/aromatic N) is 1. The SMILES string of the molecule is CCCCCCCCN(C)c1ccc(-c2ccc(-c3ccccc3)cc2)c(F)c1F. The van der Waals surface area contributed by atoms with Crippen LogP contribution in [-0.2, 0) is 0 Å². The number of hydrogen-bond donors (Lipinski definition) is 0. The van der Waals surface area contributed by atoms with Gasteiger partial charge in [0.05, 0.1) is 5.69 Å². The summed E-state index contributed by atoms with van der Waals surface area (Å²) < 4.78 is 29.7. The molecule has 0 unspecified atom stereocenters. The summed E-state index contributed by atoms with van der Waals surface area (Å²) in [5.74, 6) is -1.55. The van der Waals surface area contributed by atoms with Gasteiger partial charge in [-0.1, -0.05) is 93.6 Å². The van der Waals surface area contributed by atoms with E-state index < -0.39 is 11.6 Å². The van der Waals surface area contributed by atoms with Crippen LogP contribution in [0.5, 0.6) is 0 Å². The summed E-state index contributed by atoms with van der Waals surface area (Å²) in [5.41, 5.74) is 3.45. The van der Waals surface area contributed by atoms with Crippen LogP contribution in [0.1, 0.15) is 45.4 Å². The molecule has 0 aliphatic heterocycles. The van der Waals surface area contributed by atoms with Crippen molar-refractivity contribution < 1.29 is 8.78 Å². The molecule has 0 saturated heterocycles. The molecule has 3 rings (SSSR count). The fraction of sp³-hybridized carbons (Fsp3) is 0.333. The van der Waals surface area contributed by atoms with Gasteiger partial charge >= 0.3 is 0 Å². The summed E-state index contributed by atoms with van der Waals surface area (Å²) in [5, 5.41) is 0. The second-order valence-electron chi connectivity index (χ2n) is 7.89. The third-order valence-corrected chi connectivity index (χ3v) is 5.62. The van der Waals surface area contributed by atoms with E-state index in [1.165, 1.54) is 25.7 Å². The van der Waals surface area contributed by atoms with E-state index in [-0.39, 0.29) is 0 Å². The van der Waals surface area contributed by atoms with Crippen LogP contribution in [0.15, 0.2) is 66.7 Å². The number of anilines is 1. The minimum Gasteiger partial charge on any atom is -0.372 e. The highest BCUT2D eigenvalue weighted by Crippen LogP contribution is 2.31. The van der Waals surface area contributed by atoms with E-state index in [1.807, 2.05) is 66.5 Å². The van der Waals surface area contributed by atoms with Gasteiger partial charge < -0.3 is 4.90 Å². The van der Waals surface area contributed by atoms with E-state index >= 15 is 0 Å². The zero-order valence-corrected chi connectivity index (χ0v) is 18.0. The topological polar surface area (TPSA) is 3.24 Å². The Hall–Kier alpha value is -2.68. The van der Waals surface area contributed by atoms with Gasteiger partial charge in [0.25, 0.3) is 0 Å². The molecule has 1 nitrogen and oxygen atoms in total. The Labute approximate surface area is 179 Å². The molecule has 0 amide bonds. The Balaban J connectivity index is 1.68. The first kappa shape index (κ1) is 22.0. The van der Waals surface area contributed by atoms with E-state index in [9.17, 15) is 8.78 Å². The van der Waals surface area contributed by atoms with Gasteiger partial charge in [0, 0.05) is 19.2 Å². The van der Waals surface area contributed by atoms with Crippen LogP contribution >= 0.6 is 0 Å². The first-order chi connectivity index (χ1) is 14.6. The second-order valence-corrected chi connectivity index (χ2v) is 7.89. The minimum atomic E-state index is -0.783. The van der Waals surface area contributed by atoms with Crippen LogP contribution in [-0.4, -0.2) is 13.6 Å². The van der Waals surface area contributed by atoms with Gasteiger partial charge in [-0.05, 0) is 35.2 Å². The van der Waals surface area contributed by atoms with Crippen molar-refractivity contribution in [1.82, 2.24) is 0 Å². The van der Waals surface area contributed by atoms with Crippen molar-refractivity contribution >= 4 is 5.69 Å². The lowest BCUT2D eigenvalue weighted by molar-refractivity contribution is 0.509. The van der Waals surface area contributed by atoms with Crippen molar-refractivity contribution in [1.29, 1.82) is 0 Å². The summed E-state index contributed by atoms with van der Waals surface area (Å²) in [6.45, 7) is 2.93. The average Bonchev–Trinajstić information content (AvgIpc) is 2.78. The predicted octanol–water partition coefficient (Wildman–Crippen LogP) is 8.10. The number of hydrogen-bond acceptors (Lipinski definition) is 1. The molecule has 0 aromatic heterocycles. The van der Waals surface area contributed by atoms with Crippen molar-refractivity contribution in [2.45, 2.75) is 45.4 Å². The van der Waals surface area contributed by atoms with E-state index in [0.29, 0.717) is 16.8 Å². The normalized spacial score (nSPS) is 10.9. The Bertz CT molecular complexity index is 920. The summed E-state index contributed by atoms with van der Waals surface area (Å²) >= 11 is 0. The van der Waals surface area contributed by atoms with Gasteiger partial charge in [-0.15, -0.1) is 0 Å². The smallest absolute Gasteiger partial charge is 0.182 e. The molecule has 0 saturated carbocycles. The third-order valence-electron chi connectivity index (χ3n) is 5.62. The highest BCUT2D eigenvalue weighted by Gasteiger charge is 2.17. The van der Waals surface area contributed by atoms with Crippen molar-refractivity contribution in [2.24, 2.45) is 0 Å². The Morgan fingerprint density at radius 1 is 0.633 bits per heavy atom. The van der Waals surface area contributed by atoms with Crippen LogP contribution in [0, 0.1) is 11.6 Å². The molecule has 3 heteroatoms. The van der Waals surface area contributed by atoms with Gasteiger partial charge in [0.1, 0.15) is 0 Å². The van der Waals surface area contributed by atoms with E-state index in [2.05, 4.69) is 6.92 Å². The molecule has 0 atom stereocenters. The van der Waals surface area contributed by atoms with Gasteiger partial charge in [-0.2, -0.15) is 0 Å². The third kappa shape index (κ3) is 5.47. The van der Waals surface area contributed by atoms with Crippen LogP contribution in [0.2, 0.25) is 0 Å². The lowest BCUT2D eigenvalue weighted by Crippen LogP contribution is -2.20. The number of unbranched alkanes of at least 4 members (excludes halogenated alkanes) is 5. The molecule has 0 aliphatic carbocycles. The largest absolute Gasteiger partial charge is 0.372 e. The lowest BCUT2D eigenvalue weighted by atomic mass is 9.99. The summed E-state index contributed by atoms with van der Waals surface area (Å²) in [6.07, 6.45) is 7.07. The van der Waals surface area contributed by atoms with E-state index in [0.717, 1.165) is 30.5 Å². The molecule has 0 spiro atoms. The zero-order chi connectivity index (χ0) is 21.3. The highest BCUT2D eigenvalue weighted by molar-refractivity contribution is 5.72. The lowest BCUT2D eigenvalue weighted by Gasteiger charge is -2.21. The molecule has 0 bridgehead atoms. The van der Waals surface area contributed by atoms with Gasteiger partial charge in [0.2, 0.25) is 0 Å². The van der Waals surface area contributed by atoms with Crippen LogP contribution in [0.25, 0.3) is 22.3 Å². The maximum atomic E-state index is 14.9. The average molecular weight is 408 g/mol. The quantitative estimate of drug-likeness (QED) is 0.307. The first-order valence-electron chi connectivity index (χ1n) is 11.0. The molecule has 30 heavy (non-hydrogen) atoms. The molecule has 158 valence electrons. The van der Waals surface area contributed by atoms with Gasteiger partial charge in [-0.25, -0.2) is 8.78 Å². The maximum Gasteiger partial charge on any atom is 0.182 e. The minimum absolute atomic E-state index is 0.295. The van der Waals surface area contributed by atoms with Crippen LogP contribution in [0.4, 0.5) is 14.5 Å². The maximum absolute atomic E-state index is 14.9. The fourth-order valence-corrected chi connectivity index (χ4v) is 3.78. The van der Waals surface area contributed by atoms with Crippen LogP contribution < -0.4 is 4.90 Å². The Morgan fingerprint density at radius 3 is 1.93 bits per heavy atom. The number of halogens is 2. The van der Waals surface area contributed by atoms with Gasteiger partial charge in [-0.3, -0.25) is 0 Å². The van der Waals surface area contributed by atoms with Crippen molar-refractivity contribution in [3.63, 3.8) is 0 Å². The molecular weight excluding hydrogens is 376 g/mol. The molecule has 0 fully saturated rings. The van der Waals surface area contributed by atoms with Crippen molar-refractivity contribution in [3.05, 3.63) is 78.4 Å². The first-order valence-corrected chi connectivity index (χ1v) is 11.0. The monoisotopic (exact) mass is 407 g/mol. The molecule has 0 aliphatic rings. The van der Waals surface area contributed by atoms with Gasteiger partial charge in [0.15, 0.2) is 11.6 Å². The summed E-state index contributed by atoms with van der Waals surface area (Å²) in [7, 11) is 1.83. The van der Waals surface area contributed by atoms with E-state index in [4.69, 9.17) is 0 Å². The molecule has 0 N–H and O–H groups in total. The van der Waals surface area contributed by atoms with Crippen molar-refractivity contribution in [2.75, 3.05) is 18.5 Å². The van der Waals surface area contributed by atoms with E-state index in [1.54, 1.807) is 12.1 Å². The number of benzene rings is 3. The Morgan fingerprint density at radius 2 is 1.23 bits per heavy atom. The molecular formula is C27H31F2N. The standard InChI is InChI=1S/C27H31F2N/c1-3-4-5-6-7-11-20-30(2)25-19-18-24(26(28)27(25)29)23-16-14-22(15-17-23)21-12-9-8-10-13-21/h8-10,12-19H,3-7,11,20H2,1-2H3. The molecule has 3 aromatic carbocycles. The summed E-state index contributed by atoms with van der Waals surface area (Å²) in [6, 6.07) is 21.0. The zero-order valence-electron chi connectivity index (χ0n) is 18.0.